The molecule has 1 N–H and O–H groups in total. The Balaban J connectivity index is 1.44. The van der Waals surface area contributed by atoms with Crippen LogP contribution in [0.15, 0.2) is 12.3 Å². The van der Waals surface area contributed by atoms with Crippen molar-refractivity contribution >= 4 is 40.0 Å². The Morgan fingerprint density at radius 1 is 1.23 bits per heavy atom. The Labute approximate surface area is 175 Å². The third-order valence-electron chi connectivity index (χ3n) is 4.76. The first-order chi connectivity index (χ1) is 14.5. The molecule has 0 radical (unpaired) electrons. The summed E-state index contributed by atoms with van der Waals surface area (Å²) in [4.78, 5) is 45.9. The quantitative estimate of drug-likeness (QED) is 0.610. The van der Waals surface area contributed by atoms with Crippen LogP contribution >= 0.6 is 11.3 Å². The smallest absolute Gasteiger partial charge is 0.378 e. The molecule has 4 rings (SSSR count). The van der Waals surface area contributed by atoms with Crippen molar-refractivity contribution in [1.82, 2.24) is 19.6 Å². The lowest BCUT2D eigenvalue weighted by Gasteiger charge is -2.11. The molecule has 0 bridgehead atoms. The summed E-state index contributed by atoms with van der Waals surface area (Å²) in [6.07, 6.45) is 5.22. The fraction of sp³-hybridized carbons (Fsp3) is 0.368. The normalized spacial score (nSPS) is 13.0. The Morgan fingerprint density at radius 2 is 2.03 bits per heavy atom. The van der Waals surface area contributed by atoms with Gasteiger partial charge < -0.3 is 14.8 Å². The molecule has 3 aromatic rings. The number of nitrogens with zero attached hydrogens (tertiary/aromatic N) is 4. The average Bonchev–Trinajstić information content (AvgIpc) is 3.33. The van der Waals surface area contributed by atoms with Crippen LogP contribution in [0.2, 0.25) is 0 Å². The molecule has 156 valence electrons. The van der Waals surface area contributed by atoms with Crippen LogP contribution in [0.25, 0.3) is 5.78 Å². The fourth-order valence-electron chi connectivity index (χ4n) is 3.32. The van der Waals surface area contributed by atoms with Gasteiger partial charge in [0.05, 0.1) is 12.7 Å². The number of aromatic nitrogens is 4. The maximum Gasteiger partial charge on any atom is 0.378 e. The Kier molecular flexibility index (Phi) is 5.44. The summed E-state index contributed by atoms with van der Waals surface area (Å²) >= 11 is 1.36. The molecule has 10 nitrogen and oxygen atoms in total. The van der Waals surface area contributed by atoms with E-state index in [2.05, 4.69) is 20.4 Å². The van der Waals surface area contributed by atoms with E-state index < -0.39 is 24.5 Å². The number of methoxy groups -OCH3 is 1. The standard InChI is InChI=1S/C19H19N5O5S/c1-10-7-8-20-19-22-15(23-24(10)19)18(27)29-9-13(25)21-16-14(17(26)28-2)11-5-3-4-6-12(11)30-16/h7-8H,3-6,9H2,1-2H3,(H,21,25). The van der Waals surface area contributed by atoms with Gasteiger partial charge in [0.25, 0.3) is 17.5 Å². The van der Waals surface area contributed by atoms with E-state index in [1.165, 1.54) is 23.0 Å². The minimum Gasteiger partial charge on any atom is -0.465 e. The molecule has 0 saturated carbocycles. The summed E-state index contributed by atoms with van der Waals surface area (Å²) in [6, 6.07) is 1.73. The topological polar surface area (TPSA) is 125 Å². The average molecular weight is 429 g/mol. The van der Waals surface area contributed by atoms with Gasteiger partial charge >= 0.3 is 11.9 Å². The summed E-state index contributed by atoms with van der Waals surface area (Å²) in [7, 11) is 1.31. The molecule has 0 unspecified atom stereocenters. The van der Waals surface area contributed by atoms with Crippen LogP contribution in [-0.4, -0.2) is 51.1 Å². The molecule has 0 aromatic carbocycles. The first kappa shape index (κ1) is 20.0. The van der Waals surface area contributed by atoms with Crippen LogP contribution in [0, 0.1) is 6.92 Å². The molecule has 0 atom stereocenters. The van der Waals surface area contributed by atoms with E-state index in [4.69, 9.17) is 9.47 Å². The zero-order valence-electron chi connectivity index (χ0n) is 16.4. The lowest BCUT2D eigenvalue weighted by Crippen LogP contribution is -2.22. The predicted molar refractivity (Wildman–Crippen MR) is 107 cm³/mol. The summed E-state index contributed by atoms with van der Waals surface area (Å²) in [5.41, 5.74) is 2.07. The third kappa shape index (κ3) is 3.75. The second kappa shape index (κ2) is 8.19. The lowest BCUT2D eigenvalue weighted by atomic mass is 9.95. The highest BCUT2D eigenvalue weighted by atomic mass is 32.1. The van der Waals surface area contributed by atoms with Crippen LogP contribution in [0.5, 0.6) is 0 Å². The molecule has 3 aromatic heterocycles. The van der Waals surface area contributed by atoms with Crippen molar-refractivity contribution in [2.45, 2.75) is 32.6 Å². The highest BCUT2D eigenvalue weighted by Crippen LogP contribution is 2.38. The zero-order chi connectivity index (χ0) is 21.3. The number of aryl methyl sites for hydroxylation is 2. The maximum absolute atomic E-state index is 12.4. The molecular formula is C19H19N5O5S. The first-order valence-corrected chi connectivity index (χ1v) is 10.2. The molecule has 1 amide bonds. The second-order valence-corrected chi connectivity index (χ2v) is 7.87. The largest absolute Gasteiger partial charge is 0.465 e. The van der Waals surface area contributed by atoms with Crippen molar-refractivity contribution in [2.75, 3.05) is 19.0 Å². The Hall–Kier alpha value is -3.34. The predicted octanol–water partition coefficient (Wildman–Crippen LogP) is 1.96. The van der Waals surface area contributed by atoms with Gasteiger partial charge in [-0.15, -0.1) is 16.4 Å². The first-order valence-electron chi connectivity index (χ1n) is 9.36. The summed E-state index contributed by atoms with van der Waals surface area (Å²) in [6.45, 7) is 1.26. The number of rotatable bonds is 5. The van der Waals surface area contributed by atoms with E-state index in [0.29, 0.717) is 10.6 Å². The van der Waals surface area contributed by atoms with Crippen molar-refractivity contribution < 1.29 is 23.9 Å². The molecule has 0 aliphatic heterocycles. The van der Waals surface area contributed by atoms with Gasteiger partial charge in [-0.05, 0) is 44.2 Å². The van der Waals surface area contributed by atoms with Gasteiger partial charge in [0.2, 0.25) is 0 Å². The monoisotopic (exact) mass is 429 g/mol. The SMILES string of the molecule is COC(=O)c1c(NC(=O)COC(=O)c2nc3nccc(C)n3n2)sc2c1CCCC2. The van der Waals surface area contributed by atoms with Gasteiger partial charge in [-0.3, -0.25) is 4.79 Å². The number of nitrogens with one attached hydrogen (secondary N) is 1. The van der Waals surface area contributed by atoms with E-state index in [9.17, 15) is 14.4 Å². The lowest BCUT2D eigenvalue weighted by molar-refractivity contribution is -0.119. The van der Waals surface area contributed by atoms with Crippen molar-refractivity contribution in [1.29, 1.82) is 0 Å². The number of esters is 2. The van der Waals surface area contributed by atoms with E-state index >= 15 is 0 Å². The number of amides is 1. The van der Waals surface area contributed by atoms with Gasteiger partial charge in [-0.2, -0.15) is 4.98 Å². The van der Waals surface area contributed by atoms with Crippen molar-refractivity contribution in [3.63, 3.8) is 0 Å². The minimum absolute atomic E-state index is 0.188. The van der Waals surface area contributed by atoms with Gasteiger partial charge in [-0.25, -0.2) is 19.1 Å². The molecular weight excluding hydrogens is 410 g/mol. The molecule has 3 heterocycles. The van der Waals surface area contributed by atoms with Crippen LogP contribution in [0.1, 0.15) is 50.0 Å². The molecule has 11 heteroatoms. The van der Waals surface area contributed by atoms with Crippen molar-refractivity contribution in [3.8, 4) is 0 Å². The number of thiophene rings is 1. The number of hydrogen-bond donors (Lipinski definition) is 1. The molecule has 1 aliphatic carbocycles. The highest BCUT2D eigenvalue weighted by Gasteiger charge is 2.27. The summed E-state index contributed by atoms with van der Waals surface area (Å²) < 4.78 is 11.3. The maximum atomic E-state index is 12.4. The highest BCUT2D eigenvalue weighted by molar-refractivity contribution is 7.17. The number of ether oxygens (including phenoxy) is 2. The zero-order valence-corrected chi connectivity index (χ0v) is 17.2. The van der Waals surface area contributed by atoms with Crippen molar-refractivity contribution in [3.05, 3.63) is 39.8 Å². The number of carbonyl (C=O) groups excluding carboxylic acids is 3. The van der Waals surface area contributed by atoms with Gasteiger partial charge in [0.15, 0.2) is 6.61 Å². The molecule has 30 heavy (non-hydrogen) atoms. The molecule has 1 aliphatic rings. The van der Waals surface area contributed by atoms with Crippen molar-refractivity contribution in [2.24, 2.45) is 0 Å². The van der Waals surface area contributed by atoms with E-state index in [0.717, 1.165) is 41.8 Å². The third-order valence-corrected chi connectivity index (χ3v) is 5.97. The minimum atomic E-state index is -0.839. The van der Waals surface area contributed by atoms with Gasteiger partial charge in [-0.1, -0.05) is 0 Å². The van der Waals surface area contributed by atoms with Crippen LogP contribution in [-0.2, 0) is 27.1 Å². The van der Waals surface area contributed by atoms with Crippen LogP contribution in [0.3, 0.4) is 0 Å². The van der Waals surface area contributed by atoms with Crippen LogP contribution < -0.4 is 5.32 Å². The number of hydrogen-bond acceptors (Lipinski definition) is 9. The van der Waals surface area contributed by atoms with E-state index in [1.54, 1.807) is 19.2 Å². The summed E-state index contributed by atoms with van der Waals surface area (Å²) in [5, 5.41) is 7.13. The van der Waals surface area contributed by atoms with Gasteiger partial charge in [0.1, 0.15) is 5.00 Å². The van der Waals surface area contributed by atoms with E-state index in [1.807, 2.05) is 0 Å². The molecule has 0 saturated heterocycles. The number of fused-ring (bicyclic) bond motifs is 2. The van der Waals surface area contributed by atoms with E-state index in [-0.39, 0.29) is 11.6 Å². The van der Waals surface area contributed by atoms with Gasteiger partial charge in [0, 0.05) is 16.8 Å². The molecule has 0 fully saturated rings. The molecule has 0 spiro atoms. The Morgan fingerprint density at radius 3 is 2.80 bits per heavy atom. The number of carbonyl (C=O) groups is 3. The number of anilines is 1. The Bertz CT molecular complexity index is 1150. The second-order valence-electron chi connectivity index (χ2n) is 6.76. The van der Waals surface area contributed by atoms with Crippen LogP contribution in [0.4, 0.5) is 5.00 Å². The fourth-order valence-corrected chi connectivity index (χ4v) is 4.62. The summed E-state index contributed by atoms with van der Waals surface area (Å²) in [5.74, 6) is -1.82.